The molecule has 12 heavy (non-hydrogen) atoms. The molecule has 1 rings (SSSR count). The van der Waals surface area contributed by atoms with E-state index in [1.807, 2.05) is 6.92 Å². The molecule has 0 amide bonds. The highest BCUT2D eigenvalue weighted by molar-refractivity contribution is 5.38. The maximum absolute atomic E-state index is 10.7. The number of carbonyl (C=O) groups is 1. The summed E-state index contributed by atoms with van der Waals surface area (Å²) in [4.78, 5) is 20.7. The minimum Gasteiger partial charge on any atom is -0.458 e. The first-order valence-electron chi connectivity index (χ1n) is 3.64. The highest BCUT2D eigenvalue weighted by Gasteiger charge is 2.11. The van der Waals surface area contributed by atoms with Gasteiger partial charge in [-0.2, -0.15) is 0 Å². The number of rotatable bonds is 4. The Bertz CT molecular complexity index is 302. The quantitative estimate of drug-likeness (QED) is 0.639. The minimum absolute atomic E-state index is 0.224. The predicted molar refractivity (Wildman–Crippen MR) is 41.6 cm³/mol. The lowest BCUT2D eigenvalue weighted by Crippen LogP contribution is -2.02. The second-order valence-corrected chi connectivity index (χ2v) is 2.34. The highest BCUT2D eigenvalue weighted by Crippen LogP contribution is 2.15. The molecule has 0 aliphatic carbocycles. The number of hydrogen-bond acceptors (Lipinski definition) is 3. The van der Waals surface area contributed by atoms with E-state index in [9.17, 15) is 9.59 Å². The zero-order valence-corrected chi connectivity index (χ0v) is 6.66. The summed E-state index contributed by atoms with van der Waals surface area (Å²) in [6.07, 6.45) is 0.272. The van der Waals surface area contributed by atoms with Crippen molar-refractivity contribution in [3.63, 3.8) is 0 Å². The Morgan fingerprint density at radius 2 is 2.42 bits per heavy atom. The number of ether oxygens (including phenoxy) is 1. The van der Waals surface area contributed by atoms with Crippen molar-refractivity contribution in [2.75, 3.05) is 0 Å². The lowest BCUT2D eigenvalue weighted by molar-refractivity contribution is -0.134. The summed E-state index contributed by atoms with van der Waals surface area (Å²) in [7, 11) is 0. The van der Waals surface area contributed by atoms with Crippen LogP contribution in [0.4, 0.5) is 0 Å². The second kappa shape index (κ2) is 3.75. The molecule has 0 aromatic carbocycles. The Morgan fingerprint density at radius 3 is 2.83 bits per heavy atom. The molecule has 0 aliphatic heterocycles. The third-order valence-electron chi connectivity index (χ3n) is 1.55. The standard InChI is InChI=1S/C7H10N2O3/c1-2-6(12-4-10)5-3-7(11)9-8-5/h3-4,6H,2H2,1H3,(H2,8,9,11). The van der Waals surface area contributed by atoms with Crippen molar-refractivity contribution in [1.82, 2.24) is 10.2 Å². The zero-order valence-electron chi connectivity index (χ0n) is 6.66. The molecular weight excluding hydrogens is 160 g/mol. The molecule has 0 saturated carbocycles. The van der Waals surface area contributed by atoms with Gasteiger partial charge in [0.25, 0.3) is 12.0 Å². The van der Waals surface area contributed by atoms with Gasteiger partial charge in [0.2, 0.25) is 0 Å². The van der Waals surface area contributed by atoms with Crippen LogP contribution in [0.5, 0.6) is 0 Å². The maximum atomic E-state index is 10.7. The van der Waals surface area contributed by atoms with Crippen LogP contribution in [-0.2, 0) is 9.53 Å². The number of aromatic amines is 2. The van der Waals surface area contributed by atoms with Gasteiger partial charge in [0.15, 0.2) is 0 Å². The molecule has 1 aromatic rings. The van der Waals surface area contributed by atoms with Gasteiger partial charge >= 0.3 is 0 Å². The molecule has 0 spiro atoms. The van der Waals surface area contributed by atoms with Crippen LogP contribution in [0.2, 0.25) is 0 Å². The van der Waals surface area contributed by atoms with Crippen LogP contribution in [0.25, 0.3) is 0 Å². The summed E-state index contributed by atoms with van der Waals surface area (Å²) in [5, 5.41) is 4.99. The number of nitrogens with one attached hydrogen (secondary N) is 2. The third-order valence-corrected chi connectivity index (χ3v) is 1.55. The zero-order chi connectivity index (χ0) is 8.97. The van der Waals surface area contributed by atoms with Gasteiger partial charge in [-0.3, -0.25) is 19.8 Å². The molecule has 5 nitrogen and oxygen atoms in total. The Kier molecular flexibility index (Phi) is 2.68. The Labute approximate surface area is 68.7 Å². The van der Waals surface area contributed by atoms with Crippen LogP contribution in [0.15, 0.2) is 10.9 Å². The molecule has 1 atom stereocenters. The molecule has 1 heterocycles. The first kappa shape index (κ1) is 8.58. The third kappa shape index (κ3) is 1.75. The van der Waals surface area contributed by atoms with E-state index in [1.54, 1.807) is 0 Å². The number of carbonyl (C=O) groups excluding carboxylic acids is 1. The van der Waals surface area contributed by atoms with Crippen LogP contribution in [0, 0.1) is 0 Å². The van der Waals surface area contributed by atoms with Crippen molar-refractivity contribution in [3.8, 4) is 0 Å². The first-order chi connectivity index (χ1) is 5.77. The van der Waals surface area contributed by atoms with E-state index in [1.165, 1.54) is 6.07 Å². The fourth-order valence-electron chi connectivity index (χ4n) is 0.977. The Morgan fingerprint density at radius 1 is 1.67 bits per heavy atom. The highest BCUT2D eigenvalue weighted by atomic mass is 16.5. The molecule has 0 fully saturated rings. The summed E-state index contributed by atoms with van der Waals surface area (Å²) in [6, 6.07) is 1.37. The second-order valence-electron chi connectivity index (χ2n) is 2.34. The Hall–Kier alpha value is -1.52. The number of aromatic nitrogens is 2. The average molecular weight is 170 g/mol. The molecular formula is C7H10N2O3. The molecule has 5 heteroatoms. The normalized spacial score (nSPS) is 12.4. The van der Waals surface area contributed by atoms with E-state index in [0.717, 1.165) is 0 Å². The van der Waals surface area contributed by atoms with Crippen molar-refractivity contribution < 1.29 is 9.53 Å². The van der Waals surface area contributed by atoms with E-state index < -0.39 is 0 Å². The molecule has 1 unspecified atom stereocenters. The van der Waals surface area contributed by atoms with Gasteiger partial charge in [-0.05, 0) is 6.42 Å². The summed E-state index contributed by atoms with van der Waals surface area (Å²) in [6.45, 7) is 2.24. The van der Waals surface area contributed by atoms with Crippen molar-refractivity contribution in [2.45, 2.75) is 19.4 Å². The summed E-state index contributed by atoms with van der Waals surface area (Å²) in [5.41, 5.74) is 0.368. The average Bonchev–Trinajstić information content (AvgIpc) is 2.47. The largest absolute Gasteiger partial charge is 0.458 e. The van der Waals surface area contributed by atoms with Crippen LogP contribution in [0.3, 0.4) is 0 Å². The monoisotopic (exact) mass is 170 g/mol. The molecule has 66 valence electrons. The van der Waals surface area contributed by atoms with Crippen LogP contribution >= 0.6 is 0 Å². The topological polar surface area (TPSA) is 75.0 Å². The van der Waals surface area contributed by atoms with Crippen molar-refractivity contribution in [3.05, 3.63) is 22.1 Å². The van der Waals surface area contributed by atoms with E-state index in [2.05, 4.69) is 10.2 Å². The lowest BCUT2D eigenvalue weighted by atomic mass is 10.2. The summed E-state index contributed by atoms with van der Waals surface area (Å²) in [5.74, 6) is 0. The van der Waals surface area contributed by atoms with E-state index in [4.69, 9.17) is 4.74 Å². The van der Waals surface area contributed by atoms with Crippen molar-refractivity contribution >= 4 is 6.47 Å². The molecule has 0 radical (unpaired) electrons. The van der Waals surface area contributed by atoms with Crippen molar-refractivity contribution in [1.29, 1.82) is 0 Å². The van der Waals surface area contributed by atoms with Crippen LogP contribution in [-0.4, -0.2) is 16.7 Å². The van der Waals surface area contributed by atoms with Gasteiger partial charge in [-0.15, -0.1) is 0 Å². The molecule has 0 bridgehead atoms. The van der Waals surface area contributed by atoms with Gasteiger partial charge in [-0.25, -0.2) is 0 Å². The lowest BCUT2D eigenvalue weighted by Gasteiger charge is -2.09. The smallest absolute Gasteiger partial charge is 0.293 e. The number of H-pyrrole nitrogens is 2. The van der Waals surface area contributed by atoms with Gasteiger partial charge in [0.05, 0.1) is 5.69 Å². The van der Waals surface area contributed by atoms with Crippen LogP contribution in [0.1, 0.15) is 25.1 Å². The Balaban J connectivity index is 2.78. The summed E-state index contributed by atoms with van der Waals surface area (Å²) >= 11 is 0. The molecule has 0 saturated heterocycles. The minimum atomic E-state index is -0.360. The van der Waals surface area contributed by atoms with Gasteiger partial charge in [0, 0.05) is 6.07 Å². The van der Waals surface area contributed by atoms with E-state index in [0.29, 0.717) is 18.6 Å². The van der Waals surface area contributed by atoms with E-state index >= 15 is 0 Å². The van der Waals surface area contributed by atoms with E-state index in [-0.39, 0.29) is 11.7 Å². The van der Waals surface area contributed by atoms with Crippen LogP contribution < -0.4 is 5.56 Å². The fraction of sp³-hybridized carbons (Fsp3) is 0.429. The summed E-state index contributed by atoms with van der Waals surface area (Å²) < 4.78 is 4.72. The molecule has 0 aliphatic rings. The SMILES string of the molecule is CCC(OC=O)c1cc(=O)[nH][nH]1. The first-order valence-corrected chi connectivity index (χ1v) is 3.64. The van der Waals surface area contributed by atoms with Gasteiger partial charge < -0.3 is 4.74 Å². The fourth-order valence-corrected chi connectivity index (χ4v) is 0.977. The molecule has 2 N–H and O–H groups in total. The molecule has 1 aromatic heterocycles. The van der Waals surface area contributed by atoms with Crippen molar-refractivity contribution in [2.24, 2.45) is 0 Å². The maximum Gasteiger partial charge on any atom is 0.293 e. The number of hydrogen-bond donors (Lipinski definition) is 2. The predicted octanol–water partition coefficient (Wildman–Crippen LogP) is 0.327. The van der Waals surface area contributed by atoms with Gasteiger partial charge in [-0.1, -0.05) is 6.92 Å². The van der Waals surface area contributed by atoms with Gasteiger partial charge in [0.1, 0.15) is 6.10 Å².